The average Bonchev–Trinajstić information content (AvgIpc) is 1.79. The van der Waals surface area contributed by atoms with Gasteiger partial charge in [0.1, 0.15) is 0 Å². The van der Waals surface area contributed by atoms with Gasteiger partial charge >= 0.3 is 7.60 Å². The van der Waals surface area contributed by atoms with Crippen molar-refractivity contribution in [3.63, 3.8) is 0 Å². The summed E-state index contributed by atoms with van der Waals surface area (Å²) in [5, 5.41) is 0. The minimum atomic E-state index is -2.68. The van der Waals surface area contributed by atoms with Crippen molar-refractivity contribution in [3.8, 4) is 0 Å². The molecule has 10 heavy (non-hydrogen) atoms. The van der Waals surface area contributed by atoms with Gasteiger partial charge in [0, 0.05) is 12.6 Å². The zero-order chi connectivity index (χ0) is 7.78. The van der Waals surface area contributed by atoms with Crippen molar-refractivity contribution in [1.82, 2.24) is 0 Å². The fourth-order valence-corrected chi connectivity index (χ4v) is 2.20. The van der Waals surface area contributed by atoms with Gasteiger partial charge in [0.15, 0.2) is 0 Å². The molecule has 4 heteroatoms. The van der Waals surface area contributed by atoms with Gasteiger partial charge < -0.3 is 9.05 Å². The molecule has 0 radical (unpaired) electrons. The molecule has 1 fully saturated rings. The van der Waals surface area contributed by atoms with Gasteiger partial charge in [-0.1, -0.05) is 6.92 Å². The summed E-state index contributed by atoms with van der Waals surface area (Å²) >= 11 is 0. The molecule has 0 aromatic rings. The Hall–Kier alpha value is 0.150. The van der Waals surface area contributed by atoms with E-state index in [1.165, 1.54) is 6.66 Å². The third kappa shape index (κ3) is 1.82. The summed E-state index contributed by atoms with van der Waals surface area (Å²) < 4.78 is 21.2. The van der Waals surface area contributed by atoms with Gasteiger partial charge in [0.2, 0.25) is 0 Å². The van der Waals surface area contributed by atoms with Crippen LogP contribution in [0.5, 0.6) is 0 Å². The van der Waals surface area contributed by atoms with Crippen molar-refractivity contribution in [2.24, 2.45) is 5.92 Å². The zero-order valence-corrected chi connectivity index (χ0v) is 7.43. The fraction of sp³-hybridized carbons (Fsp3) is 1.00. The summed E-state index contributed by atoms with van der Waals surface area (Å²) in [6.45, 7) is 6.00. The lowest BCUT2D eigenvalue weighted by molar-refractivity contribution is 0.0480. The van der Waals surface area contributed by atoms with Gasteiger partial charge in [-0.05, 0) is 6.92 Å². The van der Waals surface area contributed by atoms with E-state index in [4.69, 9.17) is 9.05 Å². The number of hydrogen-bond donors (Lipinski definition) is 0. The molecule has 0 amide bonds. The molecule has 3 nitrogen and oxygen atoms in total. The monoisotopic (exact) mass is 164 g/mol. The maximum absolute atomic E-state index is 11.1. The molecule has 3 unspecified atom stereocenters. The van der Waals surface area contributed by atoms with E-state index in [0.29, 0.717) is 12.5 Å². The van der Waals surface area contributed by atoms with Crippen LogP contribution in [-0.4, -0.2) is 19.4 Å². The van der Waals surface area contributed by atoms with Crippen molar-refractivity contribution < 1.29 is 13.6 Å². The first-order valence-electron chi connectivity index (χ1n) is 3.42. The molecule has 0 aromatic carbocycles. The van der Waals surface area contributed by atoms with E-state index >= 15 is 0 Å². The summed E-state index contributed by atoms with van der Waals surface area (Å²) in [7, 11) is -2.68. The van der Waals surface area contributed by atoms with Crippen molar-refractivity contribution >= 4 is 7.60 Å². The summed E-state index contributed by atoms with van der Waals surface area (Å²) in [6, 6.07) is 0. The van der Waals surface area contributed by atoms with Crippen LogP contribution in [0.1, 0.15) is 13.8 Å². The van der Waals surface area contributed by atoms with Crippen LogP contribution in [0.25, 0.3) is 0 Å². The third-order valence-corrected chi connectivity index (χ3v) is 3.06. The summed E-state index contributed by atoms with van der Waals surface area (Å²) in [5.41, 5.74) is 0. The molecule has 0 aliphatic carbocycles. The van der Waals surface area contributed by atoms with Crippen LogP contribution in [0.15, 0.2) is 0 Å². The van der Waals surface area contributed by atoms with E-state index in [1.807, 2.05) is 13.8 Å². The van der Waals surface area contributed by atoms with Crippen molar-refractivity contribution in [2.75, 3.05) is 13.3 Å². The molecule has 1 saturated heterocycles. The van der Waals surface area contributed by atoms with E-state index in [-0.39, 0.29) is 6.10 Å². The first kappa shape index (κ1) is 8.25. The lowest BCUT2D eigenvalue weighted by Crippen LogP contribution is -2.26. The Bertz CT molecular complexity index is 168. The summed E-state index contributed by atoms with van der Waals surface area (Å²) in [5.74, 6) is 0.349. The Morgan fingerprint density at radius 1 is 1.50 bits per heavy atom. The molecular formula is C6H13O3P. The van der Waals surface area contributed by atoms with Crippen LogP contribution < -0.4 is 0 Å². The van der Waals surface area contributed by atoms with Gasteiger partial charge in [0.25, 0.3) is 0 Å². The lowest BCUT2D eigenvalue weighted by Gasteiger charge is -2.30. The highest BCUT2D eigenvalue weighted by molar-refractivity contribution is 7.53. The second-order valence-corrected chi connectivity index (χ2v) is 4.87. The van der Waals surface area contributed by atoms with Crippen LogP contribution in [0, 0.1) is 5.92 Å². The van der Waals surface area contributed by atoms with Crippen LogP contribution in [0.4, 0.5) is 0 Å². The molecule has 1 rings (SSSR count). The second-order valence-electron chi connectivity index (χ2n) is 2.85. The van der Waals surface area contributed by atoms with Crippen molar-refractivity contribution in [1.29, 1.82) is 0 Å². The molecular weight excluding hydrogens is 151 g/mol. The third-order valence-electron chi connectivity index (χ3n) is 1.73. The quantitative estimate of drug-likeness (QED) is 0.513. The molecule has 0 N–H and O–H groups in total. The van der Waals surface area contributed by atoms with E-state index in [9.17, 15) is 4.57 Å². The molecule has 0 aromatic heterocycles. The maximum atomic E-state index is 11.1. The molecule has 0 spiro atoms. The predicted molar refractivity (Wildman–Crippen MR) is 39.2 cm³/mol. The van der Waals surface area contributed by atoms with E-state index in [0.717, 1.165) is 0 Å². The molecule has 60 valence electrons. The van der Waals surface area contributed by atoms with Crippen LogP contribution in [0.3, 0.4) is 0 Å². The molecule has 1 heterocycles. The smallest absolute Gasteiger partial charge is 0.308 e. The minimum Gasteiger partial charge on any atom is -0.308 e. The maximum Gasteiger partial charge on any atom is 0.327 e. The normalized spacial score (nSPS) is 49.1. The molecule has 3 atom stereocenters. The van der Waals surface area contributed by atoms with Crippen LogP contribution in [-0.2, 0) is 13.6 Å². The Morgan fingerprint density at radius 3 is 2.50 bits per heavy atom. The Kier molecular flexibility index (Phi) is 2.18. The molecule has 0 bridgehead atoms. The van der Waals surface area contributed by atoms with Gasteiger partial charge in [-0.25, -0.2) is 0 Å². The van der Waals surface area contributed by atoms with E-state index in [2.05, 4.69) is 0 Å². The second kappa shape index (κ2) is 2.65. The first-order chi connectivity index (χ1) is 4.51. The highest BCUT2D eigenvalue weighted by Crippen LogP contribution is 2.49. The molecule has 1 aliphatic rings. The topological polar surface area (TPSA) is 35.5 Å². The zero-order valence-electron chi connectivity index (χ0n) is 6.53. The van der Waals surface area contributed by atoms with Gasteiger partial charge in [-0.3, -0.25) is 4.57 Å². The highest BCUT2D eigenvalue weighted by atomic mass is 31.2. The number of hydrogen-bond acceptors (Lipinski definition) is 3. The average molecular weight is 164 g/mol. The minimum absolute atomic E-state index is 0.0598. The van der Waals surface area contributed by atoms with Crippen LogP contribution in [0.2, 0.25) is 0 Å². The number of rotatable bonds is 0. The predicted octanol–water partition coefficient (Wildman–Crippen LogP) is 1.88. The van der Waals surface area contributed by atoms with E-state index < -0.39 is 7.60 Å². The van der Waals surface area contributed by atoms with Crippen molar-refractivity contribution in [3.05, 3.63) is 0 Å². The van der Waals surface area contributed by atoms with Crippen molar-refractivity contribution in [2.45, 2.75) is 20.0 Å². The fourth-order valence-electron chi connectivity index (χ4n) is 0.825. The largest absolute Gasteiger partial charge is 0.327 e. The lowest BCUT2D eigenvalue weighted by atomic mass is 10.1. The van der Waals surface area contributed by atoms with Gasteiger partial charge in [-0.2, -0.15) is 0 Å². The van der Waals surface area contributed by atoms with Gasteiger partial charge in [0.05, 0.1) is 12.7 Å². The Morgan fingerprint density at radius 2 is 2.10 bits per heavy atom. The SMILES string of the molecule is CC1COP(C)(=O)OC1C. The first-order valence-corrected chi connectivity index (χ1v) is 5.41. The molecule has 1 aliphatic heterocycles. The van der Waals surface area contributed by atoms with Crippen LogP contribution >= 0.6 is 7.60 Å². The van der Waals surface area contributed by atoms with Gasteiger partial charge in [-0.15, -0.1) is 0 Å². The molecule has 0 saturated carbocycles. The Balaban J connectivity index is 2.57. The summed E-state index contributed by atoms with van der Waals surface area (Å²) in [6.07, 6.45) is 0.0598. The summed E-state index contributed by atoms with van der Waals surface area (Å²) in [4.78, 5) is 0. The highest BCUT2D eigenvalue weighted by Gasteiger charge is 2.30. The van der Waals surface area contributed by atoms with E-state index in [1.54, 1.807) is 0 Å². The standard InChI is InChI=1S/C6H13O3P/c1-5-4-8-10(3,7)9-6(5)2/h5-6H,4H2,1-3H3. The Labute approximate surface area is 61.2 Å².